The third kappa shape index (κ3) is 6.77. The Morgan fingerprint density at radius 3 is 2.60 bits per heavy atom. The first-order valence-corrected chi connectivity index (χ1v) is 14.8. The van der Waals surface area contributed by atoms with Gasteiger partial charge in [0.2, 0.25) is 0 Å². The summed E-state index contributed by atoms with van der Waals surface area (Å²) in [5.41, 5.74) is 0.746. The molecular formula is C28H36N6O7S. The van der Waals surface area contributed by atoms with Crippen molar-refractivity contribution >= 4 is 33.3 Å². The van der Waals surface area contributed by atoms with Crippen LogP contribution in [0.2, 0.25) is 0 Å². The molecule has 1 aromatic heterocycles. The Morgan fingerprint density at radius 2 is 1.98 bits per heavy atom. The van der Waals surface area contributed by atoms with Gasteiger partial charge < -0.3 is 34.3 Å². The number of para-hydroxylation sites is 1. The molecule has 3 atom stereocenters. The number of nitrogens with one attached hydrogen (secondary N) is 2. The Balaban J connectivity index is 1.66. The van der Waals surface area contributed by atoms with Crippen molar-refractivity contribution < 1.29 is 32.6 Å². The highest BCUT2D eigenvalue weighted by atomic mass is 32.2. The lowest BCUT2D eigenvalue weighted by molar-refractivity contribution is 0.0373. The van der Waals surface area contributed by atoms with Crippen molar-refractivity contribution in [1.29, 1.82) is 0 Å². The number of aromatic nitrogens is 2. The summed E-state index contributed by atoms with van der Waals surface area (Å²) in [4.78, 5) is 33.7. The minimum Gasteiger partial charge on any atom is -0.497 e. The fourth-order valence-corrected chi connectivity index (χ4v) is 5.56. The molecular weight excluding hydrogens is 564 g/mol. The van der Waals surface area contributed by atoms with Gasteiger partial charge in [-0.15, -0.1) is 0 Å². The van der Waals surface area contributed by atoms with Gasteiger partial charge in [-0.1, -0.05) is 13.0 Å². The van der Waals surface area contributed by atoms with Crippen LogP contribution in [0.5, 0.6) is 11.5 Å². The highest BCUT2D eigenvalue weighted by Crippen LogP contribution is 2.36. The molecule has 226 valence electrons. The summed E-state index contributed by atoms with van der Waals surface area (Å²) in [5.74, 6) is -0.0470. The maximum atomic E-state index is 13.7. The number of aliphatic hydroxyl groups excluding tert-OH is 1. The number of benzene rings is 2. The van der Waals surface area contributed by atoms with Crippen molar-refractivity contribution in [3.63, 3.8) is 0 Å². The fraction of sp³-hybridized carbons (Fsp3) is 0.393. The molecule has 2 aromatic carbocycles. The van der Waals surface area contributed by atoms with E-state index in [0.717, 1.165) is 0 Å². The number of aryl methyl sites for hydroxylation is 1. The van der Waals surface area contributed by atoms with Gasteiger partial charge in [-0.25, -0.2) is 9.78 Å². The van der Waals surface area contributed by atoms with Gasteiger partial charge in [-0.05, 0) is 43.3 Å². The van der Waals surface area contributed by atoms with Gasteiger partial charge in [0.05, 0.1) is 43.9 Å². The van der Waals surface area contributed by atoms with Crippen LogP contribution < -0.4 is 19.5 Å². The summed E-state index contributed by atoms with van der Waals surface area (Å²) in [6.07, 6.45) is 2.06. The van der Waals surface area contributed by atoms with Crippen LogP contribution in [-0.4, -0.2) is 90.8 Å². The number of sulfonamides is 1. The third-order valence-corrected chi connectivity index (χ3v) is 8.28. The summed E-state index contributed by atoms with van der Waals surface area (Å²) >= 11 is 0. The molecule has 3 N–H and O–H groups in total. The number of hydrogen-bond acceptors (Lipinski definition) is 8. The lowest BCUT2D eigenvalue weighted by Gasteiger charge is -2.38. The van der Waals surface area contributed by atoms with Gasteiger partial charge in [0, 0.05) is 38.4 Å². The highest BCUT2D eigenvalue weighted by Gasteiger charge is 2.35. The smallest absolute Gasteiger partial charge is 0.321 e. The first-order chi connectivity index (χ1) is 19.9. The zero-order valence-electron chi connectivity index (χ0n) is 24.1. The predicted molar refractivity (Wildman–Crippen MR) is 156 cm³/mol. The number of nitrogens with zero attached hydrogens (tertiary/aromatic N) is 4. The minimum atomic E-state index is -4.12. The van der Waals surface area contributed by atoms with E-state index in [1.807, 2.05) is 6.92 Å². The average Bonchev–Trinajstić information content (AvgIpc) is 3.42. The summed E-state index contributed by atoms with van der Waals surface area (Å²) in [6, 6.07) is 10.6. The van der Waals surface area contributed by atoms with Crippen molar-refractivity contribution in [2.45, 2.75) is 31.0 Å². The molecule has 0 bridgehead atoms. The van der Waals surface area contributed by atoms with Gasteiger partial charge in [0.1, 0.15) is 11.9 Å². The van der Waals surface area contributed by atoms with Crippen LogP contribution in [0.15, 0.2) is 60.0 Å². The average molecular weight is 601 g/mol. The van der Waals surface area contributed by atoms with Crippen LogP contribution >= 0.6 is 0 Å². The van der Waals surface area contributed by atoms with Gasteiger partial charge in [0.25, 0.3) is 15.9 Å². The number of anilines is 2. The largest absolute Gasteiger partial charge is 0.497 e. The van der Waals surface area contributed by atoms with Crippen molar-refractivity contribution in [2.75, 3.05) is 43.9 Å². The van der Waals surface area contributed by atoms with E-state index < -0.39 is 28.1 Å². The Morgan fingerprint density at radius 1 is 1.26 bits per heavy atom. The first kappa shape index (κ1) is 30.7. The van der Waals surface area contributed by atoms with Crippen LogP contribution in [-0.2, 0) is 17.1 Å². The number of rotatable bonds is 9. The maximum absolute atomic E-state index is 13.7. The van der Waals surface area contributed by atoms with E-state index in [1.54, 1.807) is 64.5 Å². The number of carbonyl (C=O) groups excluding carboxylic acids is 2. The molecule has 0 saturated carbocycles. The summed E-state index contributed by atoms with van der Waals surface area (Å²) < 4.78 is 41.9. The number of urea groups is 1. The predicted octanol–water partition coefficient (Wildman–Crippen LogP) is 2.61. The monoisotopic (exact) mass is 600 g/mol. The molecule has 13 nitrogen and oxygen atoms in total. The topological polar surface area (TPSA) is 155 Å². The fourth-order valence-electron chi connectivity index (χ4n) is 4.51. The molecule has 0 aliphatic carbocycles. The molecule has 0 unspecified atom stereocenters. The van der Waals surface area contributed by atoms with E-state index in [0.29, 0.717) is 11.4 Å². The van der Waals surface area contributed by atoms with Crippen LogP contribution in [0.4, 0.5) is 16.2 Å². The summed E-state index contributed by atoms with van der Waals surface area (Å²) in [5, 5.41) is 12.5. The molecule has 1 aliphatic heterocycles. The number of likely N-dealkylation sites (N-methyl/N-ethyl adjacent to an activating group) is 1. The molecule has 3 aromatic rings. The van der Waals surface area contributed by atoms with E-state index in [-0.39, 0.29) is 53.7 Å². The van der Waals surface area contributed by atoms with E-state index >= 15 is 0 Å². The quantitative estimate of drug-likeness (QED) is 0.339. The number of imidazole rings is 1. The van der Waals surface area contributed by atoms with Gasteiger partial charge >= 0.3 is 6.03 Å². The molecule has 0 radical (unpaired) electrons. The molecule has 3 amide bonds. The Kier molecular flexibility index (Phi) is 9.27. The Bertz CT molecular complexity index is 1530. The Hall–Kier alpha value is -4.30. The molecule has 4 rings (SSSR count). The highest BCUT2D eigenvalue weighted by molar-refractivity contribution is 7.92. The SMILES string of the molecule is COc1ccc(NC(=O)N(C)C[C@H]2Oc3c(NS(=O)(=O)c4cn(C)cn4)cccc3C(=O)N([C@@H](C)CO)C[C@@H]2C)cc1. The molecule has 0 saturated heterocycles. The lowest BCUT2D eigenvalue weighted by atomic mass is 9.99. The van der Waals surface area contributed by atoms with Crippen LogP contribution in [0.25, 0.3) is 0 Å². The van der Waals surface area contributed by atoms with Crippen molar-refractivity contribution in [3.8, 4) is 11.5 Å². The normalized spacial score (nSPS) is 17.8. The van der Waals surface area contributed by atoms with Crippen LogP contribution in [0.1, 0.15) is 24.2 Å². The first-order valence-electron chi connectivity index (χ1n) is 13.3. The number of methoxy groups -OCH3 is 1. The van der Waals surface area contributed by atoms with Gasteiger partial charge in [-0.3, -0.25) is 9.52 Å². The second-order valence-corrected chi connectivity index (χ2v) is 12.0. The maximum Gasteiger partial charge on any atom is 0.321 e. The number of fused-ring (bicyclic) bond motifs is 1. The molecule has 1 aliphatic rings. The second-order valence-electron chi connectivity index (χ2n) is 10.3. The van der Waals surface area contributed by atoms with E-state index in [9.17, 15) is 23.1 Å². The number of amides is 3. The molecule has 42 heavy (non-hydrogen) atoms. The molecule has 0 fully saturated rings. The zero-order valence-corrected chi connectivity index (χ0v) is 25.0. The van der Waals surface area contributed by atoms with E-state index in [4.69, 9.17) is 9.47 Å². The lowest BCUT2D eigenvalue weighted by Crippen LogP contribution is -2.50. The number of aliphatic hydroxyl groups is 1. The standard InChI is InChI=1S/C28H36N6O7S/c1-18-13-34(19(2)16-35)27(36)22-7-6-8-23(31-42(38,39)25-15-32(3)17-29-25)26(22)41-24(18)14-33(4)28(37)30-20-9-11-21(40-5)12-10-20/h6-12,15,17-19,24,31,35H,13-14,16H2,1-5H3,(H,30,37)/t18-,19-,24+/m0/s1. The summed E-state index contributed by atoms with van der Waals surface area (Å²) in [6.45, 7) is 3.68. The van der Waals surface area contributed by atoms with Crippen molar-refractivity contribution in [2.24, 2.45) is 13.0 Å². The Labute approximate surface area is 245 Å². The van der Waals surface area contributed by atoms with Crippen molar-refractivity contribution in [1.82, 2.24) is 19.4 Å². The van der Waals surface area contributed by atoms with Gasteiger partial charge in [0.15, 0.2) is 10.8 Å². The van der Waals surface area contributed by atoms with E-state index in [1.165, 1.54) is 33.0 Å². The molecule has 14 heteroatoms. The third-order valence-electron chi connectivity index (χ3n) is 7.03. The van der Waals surface area contributed by atoms with E-state index in [2.05, 4.69) is 15.0 Å². The minimum absolute atomic E-state index is 0.0256. The van der Waals surface area contributed by atoms with Crippen molar-refractivity contribution in [3.05, 3.63) is 60.6 Å². The zero-order chi connectivity index (χ0) is 30.6. The van der Waals surface area contributed by atoms with Gasteiger partial charge in [-0.2, -0.15) is 8.42 Å². The molecule has 2 heterocycles. The number of ether oxygens (including phenoxy) is 2. The van der Waals surface area contributed by atoms with Crippen LogP contribution in [0.3, 0.4) is 0 Å². The summed E-state index contributed by atoms with van der Waals surface area (Å²) in [7, 11) is 0.703. The number of hydrogen-bond donors (Lipinski definition) is 3. The van der Waals surface area contributed by atoms with Crippen LogP contribution in [0, 0.1) is 5.92 Å². The molecule has 0 spiro atoms. The number of carbonyl (C=O) groups is 2. The second kappa shape index (κ2) is 12.7.